The Morgan fingerprint density at radius 3 is 2.48 bits per heavy atom. The van der Waals surface area contributed by atoms with Crippen molar-refractivity contribution in [2.45, 2.75) is 20.3 Å². The van der Waals surface area contributed by atoms with Crippen molar-refractivity contribution in [3.05, 3.63) is 59.4 Å². The van der Waals surface area contributed by atoms with Gasteiger partial charge in [-0.3, -0.25) is 9.59 Å². The average molecular weight is 315 g/mol. The lowest BCUT2D eigenvalue weighted by atomic mass is 10.1. The van der Waals surface area contributed by atoms with Crippen molar-refractivity contribution in [2.75, 3.05) is 11.9 Å². The van der Waals surface area contributed by atoms with Crippen molar-refractivity contribution in [2.24, 2.45) is 0 Å². The average Bonchev–Trinajstić information content (AvgIpc) is 2.56. The molecular formula is C18H18FNO3. The van der Waals surface area contributed by atoms with Crippen molar-refractivity contribution in [1.82, 2.24) is 0 Å². The minimum absolute atomic E-state index is 0.0517. The predicted molar refractivity (Wildman–Crippen MR) is 86.3 cm³/mol. The molecule has 0 aliphatic carbocycles. The summed E-state index contributed by atoms with van der Waals surface area (Å²) >= 11 is 0. The van der Waals surface area contributed by atoms with Gasteiger partial charge in [-0.15, -0.1) is 0 Å². The first-order chi connectivity index (χ1) is 11.0. The molecule has 0 radical (unpaired) electrons. The van der Waals surface area contributed by atoms with Gasteiger partial charge in [0.05, 0.1) is 0 Å². The van der Waals surface area contributed by atoms with Gasteiger partial charge in [-0.1, -0.05) is 13.0 Å². The Labute approximate surface area is 134 Å². The molecule has 0 saturated carbocycles. The fraction of sp³-hybridized carbons (Fsp3) is 0.222. The lowest BCUT2D eigenvalue weighted by molar-refractivity contribution is -0.118. The molecule has 0 heterocycles. The van der Waals surface area contributed by atoms with E-state index in [-0.39, 0.29) is 18.3 Å². The standard InChI is InChI=1S/C18H18FNO3/c1-3-17(21)13-5-8-15(9-6-13)23-11-18(22)20-16-10-14(19)7-4-12(16)2/h4-10H,3,11H2,1-2H3,(H,20,22). The molecule has 0 saturated heterocycles. The quantitative estimate of drug-likeness (QED) is 0.826. The lowest BCUT2D eigenvalue weighted by Crippen LogP contribution is -2.20. The number of nitrogens with one attached hydrogen (secondary N) is 1. The van der Waals surface area contributed by atoms with Crippen LogP contribution in [0.5, 0.6) is 5.75 Å². The molecule has 120 valence electrons. The highest BCUT2D eigenvalue weighted by molar-refractivity contribution is 5.96. The smallest absolute Gasteiger partial charge is 0.262 e. The van der Waals surface area contributed by atoms with E-state index in [0.29, 0.717) is 23.4 Å². The van der Waals surface area contributed by atoms with Crippen LogP contribution in [0.25, 0.3) is 0 Å². The van der Waals surface area contributed by atoms with Crippen LogP contribution < -0.4 is 10.1 Å². The summed E-state index contributed by atoms with van der Waals surface area (Å²) in [5.74, 6) is -0.255. The van der Waals surface area contributed by atoms with Crippen molar-refractivity contribution in [3.8, 4) is 5.75 Å². The maximum absolute atomic E-state index is 13.2. The molecule has 5 heteroatoms. The number of rotatable bonds is 6. The molecule has 2 aromatic rings. The van der Waals surface area contributed by atoms with E-state index in [1.165, 1.54) is 12.1 Å². The number of hydrogen-bond donors (Lipinski definition) is 1. The van der Waals surface area contributed by atoms with Crippen molar-refractivity contribution < 1.29 is 18.7 Å². The van der Waals surface area contributed by atoms with Crippen LogP contribution in [-0.2, 0) is 4.79 Å². The summed E-state index contributed by atoms with van der Waals surface area (Å²) in [7, 11) is 0. The molecule has 0 aromatic heterocycles. The van der Waals surface area contributed by atoms with E-state index in [2.05, 4.69) is 5.32 Å². The normalized spacial score (nSPS) is 10.2. The topological polar surface area (TPSA) is 55.4 Å². The van der Waals surface area contributed by atoms with E-state index in [0.717, 1.165) is 5.56 Å². The molecule has 0 fully saturated rings. The first-order valence-corrected chi connectivity index (χ1v) is 7.31. The Morgan fingerprint density at radius 2 is 1.83 bits per heavy atom. The minimum atomic E-state index is -0.414. The van der Waals surface area contributed by atoms with Crippen LogP contribution >= 0.6 is 0 Å². The molecule has 4 nitrogen and oxygen atoms in total. The Morgan fingerprint density at radius 1 is 1.13 bits per heavy atom. The molecule has 0 atom stereocenters. The third-order valence-corrected chi connectivity index (χ3v) is 3.34. The zero-order chi connectivity index (χ0) is 16.8. The van der Waals surface area contributed by atoms with Gasteiger partial charge in [0, 0.05) is 17.7 Å². The third-order valence-electron chi connectivity index (χ3n) is 3.34. The molecule has 1 N–H and O–H groups in total. The molecule has 0 aliphatic heterocycles. The van der Waals surface area contributed by atoms with Crippen LogP contribution in [0, 0.1) is 12.7 Å². The maximum atomic E-state index is 13.2. The largest absolute Gasteiger partial charge is 0.484 e. The zero-order valence-electron chi connectivity index (χ0n) is 13.1. The van der Waals surface area contributed by atoms with Gasteiger partial charge in [-0.25, -0.2) is 4.39 Å². The Hall–Kier alpha value is -2.69. The van der Waals surface area contributed by atoms with Crippen LogP contribution in [0.1, 0.15) is 29.3 Å². The number of halogens is 1. The summed E-state index contributed by atoms with van der Waals surface area (Å²) < 4.78 is 18.5. The fourth-order valence-electron chi connectivity index (χ4n) is 2.01. The molecule has 0 spiro atoms. The van der Waals surface area contributed by atoms with E-state index in [4.69, 9.17) is 4.74 Å². The van der Waals surface area contributed by atoms with Gasteiger partial charge in [-0.05, 0) is 48.9 Å². The molecule has 1 amide bonds. The number of ether oxygens (including phenoxy) is 1. The molecule has 0 unspecified atom stereocenters. The van der Waals surface area contributed by atoms with Crippen molar-refractivity contribution in [3.63, 3.8) is 0 Å². The maximum Gasteiger partial charge on any atom is 0.262 e. The van der Waals surface area contributed by atoms with Gasteiger partial charge in [-0.2, -0.15) is 0 Å². The first-order valence-electron chi connectivity index (χ1n) is 7.31. The number of carbonyl (C=O) groups excluding carboxylic acids is 2. The summed E-state index contributed by atoms with van der Waals surface area (Å²) in [4.78, 5) is 23.4. The fourth-order valence-corrected chi connectivity index (χ4v) is 2.01. The van der Waals surface area contributed by atoms with Crippen LogP contribution in [-0.4, -0.2) is 18.3 Å². The van der Waals surface area contributed by atoms with Gasteiger partial charge >= 0.3 is 0 Å². The Kier molecular flexibility index (Phi) is 5.46. The van der Waals surface area contributed by atoms with Crippen molar-refractivity contribution >= 4 is 17.4 Å². The highest BCUT2D eigenvalue weighted by Gasteiger charge is 2.08. The van der Waals surface area contributed by atoms with Crippen LogP contribution in [0.3, 0.4) is 0 Å². The number of ketones is 1. The van der Waals surface area contributed by atoms with Crippen LogP contribution in [0.2, 0.25) is 0 Å². The summed E-state index contributed by atoms with van der Waals surface area (Å²) in [6.07, 6.45) is 0.440. The summed E-state index contributed by atoms with van der Waals surface area (Å²) in [6.45, 7) is 3.38. The second-order valence-electron chi connectivity index (χ2n) is 5.10. The minimum Gasteiger partial charge on any atom is -0.484 e. The summed E-state index contributed by atoms with van der Waals surface area (Å²) in [6, 6.07) is 10.8. The van der Waals surface area contributed by atoms with Gasteiger partial charge in [0.2, 0.25) is 0 Å². The number of amides is 1. The number of Topliss-reactive ketones (excluding diaryl/α,β-unsaturated/α-hetero) is 1. The second-order valence-corrected chi connectivity index (χ2v) is 5.10. The molecule has 0 aliphatic rings. The van der Waals surface area contributed by atoms with E-state index in [1.807, 2.05) is 0 Å². The number of benzene rings is 2. The number of hydrogen-bond acceptors (Lipinski definition) is 3. The highest BCUT2D eigenvalue weighted by Crippen LogP contribution is 2.16. The van der Waals surface area contributed by atoms with Gasteiger partial charge in [0.25, 0.3) is 5.91 Å². The Bertz CT molecular complexity index is 711. The van der Waals surface area contributed by atoms with E-state index < -0.39 is 5.82 Å². The van der Waals surface area contributed by atoms with Crippen LogP contribution in [0.15, 0.2) is 42.5 Å². The SMILES string of the molecule is CCC(=O)c1ccc(OCC(=O)Nc2cc(F)ccc2C)cc1. The number of anilines is 1. The summed E-state index contributed by atoms with van der Waals surface area (Å²) in [5, 5.41) is 2.60. The Balaban J connectivity index is 1.91. The molecular weight excluding hydrogens is 297 g/mol. The van der Waals surface area contributed by atoms with E-state index in [1.54, 1.807) is 44.2 Å². The molecule has 0 bridgehead atoms. The highest BCUT2D eigenvalue weighted by atomic mass is 19.1. The lowest BCUT2D eigenvalue weighted by Gasteiger charge is -2.10. The first kappa shape index (κ1) is 16.7. The van der Waals surface area contributed by atoms with Gasteiger partial charge in [0.15, 0.2) is 12.4 Å². The second kappa shape index (κ2) is 7.54. The number of carbonyl (C=O) groups is 2. The van der Waals surface area contributed by atoms with E-state index in [9.17, 15) is 14.0 Å². The predicted octanol–water partition coefficient (Wildman–Crippen LogP) is 3.74. The summed E-state index contributed by atoms with van der Waals surface area (Å²) in [5.41, 5.74) is 1.80. The monoisotopic (exact) mass is 315 g/mol. The molecule has 2 aromatic carbocycles. The third kappa shape index (κ3) is 4.64. The van der Waals surface area contributed by atoms with Crippen molar-refractivity contribution in [1.29, 1.82) is 0 Å². The van der Waals surface area contributed by atoms with E-state index >= 15 is 0 Å². The van der Waals surface area contributed by atoms with Crippen LogP contribution in [0.4, 0.5) is 10.1 Å². The van der Waals surface area contributed by atoms with Gasteiger partial charge < -0.3 is 10.1 Å². The number of aryl methyl sites for hydroxylation is 1. The zero-order valence-corrected chi connectivity index (χ0v) is 13.1. The molecule has 2 rings (SSSR count). The van der Waals surface area contributed by atoms with Gasteiger partial charge in [0.1, 0.15) is 11.6 Å². The molecule has 23 heavy (non-hydrogen) atoms.